The Morgan fingerprint density at radius 3 is 2.17 bits per heavy atom. The topological polar surface area (TPSA) is 29.1 Å². The third-order valence-electron chi connectivity index (χ3n) is 2.47. The van der Waals surface area contributed by atoms with Gasteiger partial charge in [0.25, 0.3) is 5.91 Å². The quantitative estimate of drug-likeness (QED) is 0.833. The van der Waals surface area contributed by atoms with Gasteiger partial charge in [-0.3, -0.25) is 4.79 Å². The first-order valence-electron chi connectivity index (χ1n) is 5.41. The maximum Gasteiger partial charge on any atom is 0.255 e. The molecule has 0 aliphatic rings. The molecule has 0 aliphatic heterocycles. The van der Waals surface area contributed by atoms with Crippen LogP contribution >= 0.6 is 23.2 Å². The Morgan fingerprint density at radius 1 is 1.00 bits per heavy atom. The van der Waals surface area contributed by atoms with Crippen molar-refractivity contribution in [1.29, 1.82) is 0 Å². The fraction of sp³-hybridized carbons (Fsp3) is 0.0714. The maximum absolute atomic E-state index is 11.9. The van der Waals surface area contributed by atoms with Crippen molar-refractivity contribution in [3.8, 4) is 0 Å². The molecule has 2 aromatic carbocycles. The van der Waals surface area contributed by atoms with Crippen molar-refractivity contribution in [3.63, 3.8) is 0 Å². The molecule has 2 aromatic rings. The summed E-state index contributed by atoms with van der Waals surface area (Å²) in [4.78, 5) is 11.9. The molecule has 0 aliphatic carbocycles. The Balaban J connectivity index is 2.08. The number of halogens is 2. The Morgan fingerprint density at radius 2 is 1.61 bits per heavy atom. The third kappa shape index (κ3) is 3.25. The predicted octanol–water partition coefficient (Wildman–Crippen LogP) is 4.33. The summed E-state index contributed by atoms with van der Waals surface area (Å²) in [5.74, 6) is 0.302. The highest BCUT2D eigenvalue weighted by molar-refractivity contribution is 6.30. The third-order valence-corrected chi connectivity index (χ3v) is 3.03. The van der Waals surface area contributed by atoms with Crippen LogP contribution in [0.15, 0.2) is 48.5 Å². The lowest BCUT2D eigenvalue weighted by molar-refractivity contribution is 0.102. The largest absolute Gasteiger partial charge is 0.322 e. The van der Waals surface area contributed by atoms with E-state index in [1.165, 1.54) is 0 Å². The van der Waals surface area contributed by atoms with E-state index in [4.69, 9.17) is 23.2 Å². The van der Waals surface area contributed by atoms with Crippen molar-refractivity contribution in [2.45, 2.75) is 5.88 Å². The van der Waals surface area contributed by atoms with Crippen molar-refractivity contribution in [2.75, 3.05) is 5.32 Å². The molecule has 1 N–H and O–H groups in total. The molecule has 0 fully saturated rings. The Labute approximate surface area is 116 Å². The summed E-state index contributed by atoms with van der Waals surface area (Å²) >= 11 is 11.5. The Bertz CT molecular complexity index is 535. The number of benzene rings is 2. The summed E-state index contributed by atoms with van der Waals surface area (Å²) < 4.78 is 0. The van der Waals surface area contributed by atoms with Gasteiger partial charge in [0.1, 0.15) is 0 Å². The van der Waals surface area contributed by atoms with Gasteiger partial charge in [0, 0.05) is 22.2 Å². The van der Waals surface area contributed by atoms with Gasteiger partial charge in [-0.25, -0.2) is 0 Å². The minimum Gasteiger partial charge on any atom is -0.322 e. The molecule has 0 atom stereocenters. The SMILES string of the molecule is O=C(Nc1ccc(CCl)cc1)c1ccc(Cl)cc1. The molecule has 0 spiro atoms. The molecule has 2 rings (SSSR count). The van der Waals surface area contributed by atoms with Gasteiger partial charge in [0.05, 0.1) is 0 Å². The van der Waals surface area contributed by atoms with Gasteiger partial charge < -0.3 is 5.32 Å². The van der Waals surface area contributed by atoms with Gasteiger partial charge in [0.2, 0.25) is 0 Å². The fourth-order valence-corrected chi connectivity index (χ4v) is 1.79. The van der Waals surface area contributed by atoms with Crippen LogP contribution in [0, 0.1) is 0 Å². The summed E-state index contributed by atoms with van der Waals surface area (Å²) in [7, 11) is 0. The van der Waals surface area contributed by atoms with E-state index >= 15 is 0 Å². The molecule has 0 radical (unpaired) electrons. The normalized spacial score (nSPS) is 10.1. The van der Waals surface area contributed by atoms with Gasteiger partial charge in [-0.1, -0.05) is 23.7 Å². The zero-order chi connectivity index (χ0) is 13.0. The number of rotatable bonds is 3. The second-order valence-electron chi connectivity index (χ2n) is 3.79. The highest BCUT2D eigenvalue weighted by atomic mass is 35.5. The summed E-state index contributed by atoms with van der Waals surface area (Å²) in [6.45, 7) is 0. The van der Waals surface area contributed by atoms with Gasteiger partial charge >= 0.3 is 0 Å². The highest BCUT2D eigenvalue weighted by Crippen LogP contribution is 2.14. The first-order chi connectivity index (χ1) is 8.69. The first-order valence-corrected chi connectivity index (χ1v) is 6.32. The van der Waals surface area contributed by atoms with E-state index in [1.807, 2.05) is 24.3 Å². The van der Waals surface area contributed by atoms with E-state index in [2.05, 4.69) is 5.32 Å². The molecule has 92 valence electrons. The maximum atomic E-state index is 11.9. The van der Waals surface area contributed by atoms with Crippen LogP contribution in [0.5, 0.6) is 0 Å². The molecule has 2 nitrogen and oxygen atoms in total. The van der Waals surface area contributed by atoms with E-state index < -0.39 is 0 Å². The van der Waals surface area contributed by atoms with Gasteiger partial charge in [-0.15, -0.1) is 11.6 Å². The summed E-state index contributed by atoms with van der Waals surface area (Å²) in [6, 6.07) is 14.2. The van der Waals surface area contributed by atoms with E-state index in [0.717, 1.165) is 11.3 Å². The van der Waals surface area contributed by atoms with Crippen LogP contribution < -0.4 is 5.32 Å². The number of nitrogens with one attached hydrogen (secondary N) is 1. The monoisotopic (exact) mass is 279 g/mol. The molecule has 0 unspecified atom stereocenters. The number of carbonyl (C=O) groups excluding carboxylic acids is 1. The lowest BCUT2D eigenvalue weighted by atomic mass is 10.2. The number of anilines is 1. The van der Waals surface area contributed by atoms with Crippen molar-refractivity contribution in [3.05, 3.63) is 64.7 Å². The van der Waals surface area contributed by atoms with E-state index in [-0.39, 0.29) is 5.91 Å². The summed E-state index contributed by atoms with van der Waals surface area (Å²) in [5.41, 5.74) is 2.32. The minimum atomic E-state index is -0.162. The Kier molecular flexibility index (Phi) is 4.24. The van der Waals surface area contributed by atoms with Crippen LogP contribution in [-0.2, 0) is 5.88 Å². The average molecular weight is 280 g/mol. The van der Waals surface area contributed by atoms with Crippen LogP contribution in [0.4, 0.5) is 5.69 Å². The number of hydrogen-bond donors (Lipinski definition) is 1. The van der Waals surface area contributed by atoms with Crippen LogP contribution in [-0.4, -0.2) is 5.91 Å². The molecule has 0 saturated carbocycles. The van der Waals surface area contributed by atoms with E-state index in [0.29, 0.717) is 16.5 Å². The van der Waals surface area contributed by atoms with Crippen LogP contribution in [0.1, 0.15) is 15.9 Å². The lowest BCUT2D eigenvalue weighted by Crippen LogP contribution is -2.11. The van der Waals surface area contributed by atoms with Crippen LogP contribution in [0.2, 0.25) is 5.02 Å². The van der Waals surface area contributed by atoms with E-state index in [9.17, 15) is 4.79 Å². The van der Waals surface area contributed by atoms with Gasteiger partial charge in [-0.2, -0.15) is 0 Å². The molecule has 0 heterocycles. The molecular weight excluding hydrogens is 269 g/mol. The number of amides is 1. The Hall–Kier alpha value is -1.51. The zero-order valence-corrected chi connectivity index (χ0v) is 11.0. The minimum absolute atomic E-state index is 0.162. The fourth-order valence-electron chi connectivity index (χ4n) is 1.48. The second-order valence-corrected chi connectivity index (χ2v) is 4.50. The van der Waals surface area contributed by atoms with Crippen molar-refractivity contribution >= 4 is 34.8 Å². The lowest BCUT2D eigenvalue weighted by Gasteiger charge is -2.05. The van der Waals surface area contributed by atoms with Crippen LogP contribution in [0.3, 0.4) is 0 Å². The van der Waals surface area contributed by atoms with E-state index in [1.54, 1.807) is 24.3 Å². The standard InChI is InChI=1S/C14H11Cl2NO/c15-9-10-1-7-13(8-2-10)17-14(18)11-3-5-12(16)6-4-11/h1-8H,9H2,(H,17,18). The highest BCUT2D eigenvalue weighted by Gasteiger charge is 2.05. The molecule has 0 saturated heterocycles. The number of hydrogen-bond acceptors (Lipinski definition) is 1. The number of carbonyl (C=O) groups is 1. The summed E-state index contributed by atoms with van der Waals surface area (Å²) in [5, 5.41) is 3.41. The molecule has 0 bridgehead atoms. The number of alkyl halides is 1. The first kappa shape index (κ1) is 12.9. The smallest absolute Gasteiger partial charge is 0.255 e. The molecule has 0 aromatic heterocycles. The molecule has 1 amide bonds. The molecule has 4 heteroatoms. The molecule has 18 heavy (non-hydrogen) atoms. The summed E-state index contributed by atoms with van der Waals surface area (Å²) in [6.07, 6.45) is 0. The van der Waals surface area contributed by atoms with Gasteiger partial charge in [0.15, 0.2) is 0 Å². The van der Waals surface area contributed by atoms with Crippen molar-refractivity contribution < 1.29 is 4.79 Å². The van der Waals surface area contributed by atoms with Crippen LogP contribution in [0.25, 0.3) is 0 Å². The second kappa shape index (κ2) is 5.89. The van der Waals surface area contributed by atoms with Crippen molar-refractivity contribution in [2.24, 2.45) is 0 Å². The average Bonchev–Trinajstić information content (AvgIpc) is 2.40. The zero-order valence-electron chi connectivity index (χ0n) is 9.49. The predicted molar refractivity (Wildman–Crippen MR) is 75.4 cm³/mol. The molecular formula is C14H11Cl2NO. The van der Waals surface area contributed by atoms with Crippen molar-refractivity contribution in [1.82, 2.24) is 0 Å². The van der Waals surface area contributed by atoms with Gasteiger partial charge in [-0.05, 0) is 42.0 Å².